The molecule has 9 nitrogen and oxygen atoms in total. The van der Waals surface area contributed by atoms with E-state index in [1.165, 1.54) is 0 Å². The number of rotatable bonds is 10. The molecule has 0 spiro atoms. The SMILES string of the molecule is CCOC(=O)C(CNC(=O)c1ccc(Oc2ccc(C#N)cc2)cc1)N(c1ccc(C)cc1)S(=O)O. The maximum Gasteiger partial charge on any atom is 0.331 e. The first-order chi connectivity index (χ1) is 17.3. The minimum atomic E-state index is -2.55. The van der Waals surface area contributed by atoms with Crippen molar-refractivity contribution >= 4 is 28.8 Å². The zero-order valence-electron chi connectivity index (χ0n) is 19.7. The first-order valence-corrected chi connectivity index (χ1v) is 12.1. The molecule has 0 radical (unpaired) electrons. The van der Waals surface area contributed by atoms with Gasteiger partial charge in [0.2, 0.25) is 0 Å². The van der Waals surface area contributed by atoms with Gasteiger partial charge in [-0.2, -0.15) is 5.26 Å². The number of nitriles is 1. The second-order valence-corrected chi connectivity index (χ2v) is 8.49. The van der Waals surface area contributed by atoms with Crippen molar-refractivity contribution in [2.75, 3.05) is 17.5 Å². The Bertz CT molecular complexity index is 1250. The summed E-state index contributed by atoms with van der Waals surface area (Å²) >= 11 is -2.55. The van der Waals surface area contributed by atoms with Crippen molar-refractivity contribution in [1.29, 1.82) is 5.26 Å². The molecule has 0 aromatic heterocycles. The lowest BCUT2D eigenvalue weighted by Crippen LogP contribution is -2.50. The van der Waals surface area contributed by atoms with E-state index < -0.39 is 29.2 Å². The molecule has 2 unspecified atom stereocenters. The van der Waals surface area contributed by atoms with Gasteiger partial charge in [0, 0.05) is 5.56 Å². The molecule has 0 saturated carbocycles. The molecule has 0 aliphatic heterocycles. The zero-order valence-corrected chi connectivity index (χ0v) is 20.5. The van der Waals surface area contributed by atoms with E-state index in [4.69, 9.17) is 14.7 Å². The van der Waals surface area contributed by atoms with Crippen molar-refractivity contribution in [3.8, 4) is 17.6 Å². The molecule has 3 aromatic rings. The fraction of sp³-hybridized carbons (Fsp3) is 0.192. The van der Waals surface area contributed by atoms with Gasteiger partial charge in [-0.1, -0.05) is 17.7 Å². The molecule has 0 bridgehead atoms. The molecule has 2 N–H and O–H groups in total. The lowest BCUT2D eigenvalue weighted by Gasteiger charge is -2.28. The molecule has 0 heterocycles. The number of carbonyl (C=O) groups is 2. The number of ether oxygens (including phenoxy) is 2. The molecule has 0 fully saturated rings. The lowest BCUT2D eigenvalue weighted by molar-refractivity contribution is -0.144. The van der Waals surface area contributed by atoms with Crippen molar-refractivity contribution in [3.63, 3.8) is 0 Å². The van der Waals surface area contributed by atoms with Gasteiger partial charge < -0.3 is 14.8 Å². The van der Waals surface area contributed by atoms with Gasteiger partial charge in [0.05, 0.1) is 30.5 Å². The Morgan fingerprint density at radius 1 is 1.03 bits per heavy atom. The van der Waals surface area contributed by atoms with E-state index in [2.05, 4.69) is 5.32 Å². The molecule has 10 heteroatoms. The van der Waals surface area contributed by atoms with Gasteiger partial charge in [-0.05, 0) is 74.5 Å². The number of esters is 1. The van der Waals surface area contributed by atoms with Crippen LogP contribution in [0.15, 0.2) is 72.8 Å². The van der Waals surface area contributed by atoms with Crippen LogP contribution in [0.5, 0.6) is 11.5 Å². The first kappa shape index (κ1) is 26.4. The third kappa shape index (κ3) is 6.91. The normalized spacial score (nSPS) is 12.1. The molecular formula is C26H25N3O6S. The number of hydrogen-bond donors (Lipinski definition) is 2. The van der Waals surface area contributed by atoms with E-state index in [9.17, 15) is 18.4 Å². The van der Waals surface area contributed by atoms with Crippen molar-refractivity contribution in [3.05, 3.63) is 89.5 Å². The number of carbonyl (C=O) groups excluding carboxylic acids is 2. The van der Waals surface area contributed by atoms with Crippen LogP contribution in [0, 0.1) is 18.3 Å². The third-order valence-corrected chi connectivity index (χ3v) is 5.89. The molecule has 1 amide bonds. The maximum absolute atomic E-state index is 12.8. The minimum absolute atomic E-state index is 0.0732. The minimum Gasteiger partial charge on any atom is -0.464 e. The average Bonchev–Trinajstić information content (AvgIpc) is 2.88. The number of anilines is 1. The Kier molecular flexibility index (Phi) is 9.16. The van der Waals surface area contributed by atoms with Crippen molar-refractivity contribution in [2.45, 2.75) is 19.9 Å². The Balaban J connectivity index is 1.71. The summed E-state index contributed by atoms with van der Waals surface area (Å²) in [6.07, 6.45) is 0. The van der Waals surface area contributed by atoms with Gasteiger partial charge in [0.15, 0.2) is 6.04 Å². The predicted molar refractivity (Wildman–Crippen MR) is 135 cm³/mol. The number of hydrogen-bond acceptors (Lipinski definition) is 6. The highest BCUT2D eigenvalue weighted by Crippen LogP contribution is 2.23. The average molecular weight is 508 g/mol. The van der Waals surface area contributed by atoms with E-state index in [1.807, 2.05) is 13.0 Å². The summed E-state index contributed by atoms with van der Waals surface area (Å²) in [5.74, 6) is -0.202. The monoisotopic (exact) mass is 507 g/mol. The number of nitrogens with one attached hydrogen (secondary N) is 1. The van der Waals surface area contributed by atoms with Crippen molar-refractivity contribution in [2.24, 2.45) is 0 Å². The highest BCUT2D eigenvalue weighted by molar-refractivity contribution is 7.80. The van der Waals surface area contributed by atoms with Crippen molar-refractivity contribution in [1.82, 2.24) is 5.32 Å². The second kappa shape index (κ2) is 12.5. The van der Waals surface area contributed by atoms with Crippen molar-refractivity contribution < 1.29 is 27.8 Å². The molecule has 0 aliphatic carbocycles. The predicted octanol–water partition coefficient (Wildman–Crippen LogP) is 3.96. The molecule has 0 aliphatic rings. The first-order valence-electron chi connectivity index (χ1n) is 11.0. The van der Waals surface area contributed by atoms with Gasteiger partial charge in [-0.15, -0.1) is 0 Å². The third-order valence-electron chi connectivity index (χ3n) is 5.09. The van der Waals surface area contributed by atoms with Crippen LogP contribution in [0.25, 0.3) is 0 Å². The summed E-state index contributed by atoms with van der Waals surface area (Å²) in [4.78, 5) is 25.4. The quantitative estimate of drug-likeness (QED) is 0.314. The van der Waals surface area contributed by atoms with Crippen LogP contribution in [-0.4, -0.2) is 39.8 Å². The molecule has 0 saturated heterocycles. The maximum atomic E-state index is 12.8. The summed E-state index contributed by atoms with van der Waals surface area (Å²) in [6.45, 7) is 3.31. The number of nitrogens with zero attached hydrogens (tertiary/aromatic N) is 2. The zero-order chi connectivity index (χ0) is 26.1. The van der Waals surface area contributed by atoms with Crippen LogP contribution in [0.4, 0.5) is 5.69 Å². The summed E-state index contributed by atoms with van der Waals surface area (Å²) < 4.78 is 33.9. The van der Waals surface area contributed by atoms with Crippen LogP contribution in [0.2, 0.25) is 0 Å². The van der Waals surface area contributed by atoms with Gasteiger partial charge in [0.1, 0.15) is 11.5 Å². The van der Waals surface area contributed by atoms with E-state index in [-0.39, 0.29) is 13.2 Å². The van der Waals surface area contributed by atoms with E-state index in [1.54, 1.807) is 79.7 Å². The van der Waals surface area contributed by atoms with Gasteiger partial charge in [-0.3, -0.25) is 13.7 Å². The second-order valence-electron chi connectivity index (χ2n) is 7.63. The summed E-state index contributed by atoms with van der Waals surface area (Å²) in [5, 5.41) is 11.5. The van der Waals surface area contributed by atoms with E-state index >= 15 is 0 Å². The number of amides is 1. The van der Waals surface area contributed by atoms with Crippen LogP contribution in [0.1, 0.15) is 28.4 Å². The van der Waals surface area contributed by atoms with Crippen LogP contribution >= 0.6 is 0 Å². The van der Waals surface area contributed by atoms with Crippen LogP contribution < -0.4 is 14.4 Å². The molecular weight excluding hydrogens is 482 g/mol. The molecule has 186 valence electrons. The highest BCUT2D eigenvalue weighted by Gasteiger charge is 2.32. The summed E-state index contributed by atoms with van der Waals surface area (Å²) in [6, 6.07) is 20.4. The fourth-order valence-electron chi connectivity index (χ4n) is 3.27. The topological polar surface area (TPSA) is 129 Å². The number of aryl methyl sites for hydroxylation is 1. The lowest BCUT2D eigenvalue weighted by atomic mass is 10.2. The van der Waals surface area contributed by atoms with E-state index in [0.29, 0.717) is 28.3 Å². The van der Waals surface area contributed by atoms with E-state index in [0.717, 1.165) is 9.87 Å². The van der Waals surface area contributed by atoms with Gasteiger partial charge >= 0.3 is 5.97 Å². The van der Waals surface area contributed by atoms with Crippen LogP contribution in [0.3, 0.4) is 0 Å². The molecule has 36 heavy (non-hydrogen) atoms. The Morgan fingerprint density at radius 2 is 1.61 bits per heavy atom. The fourth-order valence-corrected chi connectivity index (χ4v) is 3.95. The molecule has 3 aromatic carbocycles. The van der Waals surface area contributed by atoms with Crippen LogP contribution in [-0.2, 0) is 20.8 Å². The Labute approximate surface area is 211 Å². The smallest absolute Gasteiger partial charge is 0.331 e. The Morgan fingerprint density at radius 3 is 2.14 bits per heavy atom. The Hall–Kier alpha value is -4.20. The largest absolute Gasteiger partial charge is 0.464 e. The molecule has 2 atom stereocenters. The highest BCUT2D eigenvalue weighted by atomic mass is 32.2. The summed E-state index contributed by atoms with van der Waals surface area (Å²) in [7, 11) is 0. The van der Waals surface area contributed by atoms with Gasteiger partial charge in [-0.25, -0.2) is 9.00 Å². The number of benzene rings is 3. The molecule has 3 rings (SSSR count). The van der Waals surface area contributed by atoms with Gasteiger partial charge in [0.25, 0.3) is 17.2 Å². The summed E-state index contributed by atoms with van der Waals surface area (Å²) in [5.41, 5.74) is 2.09. The standard InChI is InChI=1S/C26H25N3O6S/c1-3-34-26(31)24(29(36(32)33)21-10-4-18(2)5-11-21)17-28-25(30)20-8-14-23(15-9-20)35-22-12-6-19(16-27)7-13-22/h4-15,24H,3,17H2,1-2H3,(H,28,30)(H,32,33).